The van der Waals surface area contributed by atoms with Crippen LogP contribution in [0, 0.1) is 11.3 Å². The van der Waals surface area contributed by atoms with Crippen molar-refractivity contribution in [2.75, 3.05) is 27.8 Å². The Labute approximate surface area is 236 Å². The Hall–Kier alpha value is -4.21. The Morgan fingerprint density at radius 1 is 0.902 bits per heavy atom. The molecule has 3 aliphatic heterocycles. The highest BCUT2D eigenvalue weighted by Crippen LogP contribution is 2.48. The van der Waals surface area contributed by atoms with Crippen molar-refractivity contribution < 1.29 is 38.2 Å². The molecule has 214 valence electrons. The number of fused-ring (bicyclic) bond motifs is 5. The molecule has 0 saturated carbocycles. The van der Waals surface area contributed by atoms with E-state index in [1.54, 1.807) is 11.9 Å². The van der Waals surface area contributed by atoms with Crippen LogP contribution in [-0.4, -0.2) is 103 Å². The molecule has 5 atom stereocenters. The first kappa shape index (κ1) is 28.3. The minimum absolute atomic E-state index is 0.00850. The normalized spacial score (nSPS) is 30.1. The van der Waals surface area contributed by atoms with Gasteiger partial charge in [0.25, 0.3) is 5.91 Å². The molecule has 0 aromatic heterocycles. The number of carbonyl (C=O) groups excluding carboxylic acids is 6. The van der Waals surface area contributed by atoms with Crippen molar-refractivity contribution in [3.8, 4) is 6.07 Å². The molecule has 1 fully saturated rings. The fraction of sp³-hybridized carbons (Fsp3) is 0.483. The number of nitriles is 1. The van der Waals surface area contributed by atoms with E-state index in [9.17, 15) is 34.0 Å². The summed E-state index contributed by atoms with van der Waals surface area (Å²) in [6, 6.07) is -1.52. The number of rotatable bonds is 5. The summed E-state index contributed by atoms with van der Waals surface area (Å²) in [7, 11) is 4.38. The predicted molar refractivity (Wildman–Crippen MR) is 141 cm³/mol. The number of allylic oxidation sites excluding steroid dienone is 4. The summed E-state index contributed by atoms with van der Waals surface area (Å²) >= 11 is 0. The van der Waals surface area contributed by atoms with E-state index in [1.165, 1.54) is 28.1 Å². The van der Waals surface area contributed by atoms with E-state index in [0.717, 1.165) is 6.92 Å². The number of ether oxygens (including phenoxy) is 2. The third-order valence-corrected chi connectivity index (χ3v) is 8.99. The molecule has 5 aliphatic rings. The quantitative estimate of drug-likeness (QED) is 0.350. The number of carbonyl (C=O) groups is 6. The van der Waals surface area contributed by atoms with Gasteiger partial charge in [-0.2, -0.15) is 5.26 Å². The third-order valence-electron chi connectivity index (χ3n) is 8.99. The average Bonchev–Trinajstić information content (AvgIpc) is 2.93. The summed E-state index contributed by atoms with van der Waals surface area (Å²) in [5.74, 6) is -3.51. The van der Waals surface area contributed by atoms with E-state index >= 15 is 0 Å². The van der Waals surface area contributed by atoms with Crippen LogP contribution in [0.2, 0.25) is 0 Å². The fourth-order valence-electron chi connectivity index (χ4n) is 7.13. The van der Waals surface area contributed by atoms with Crippen LogP contribution in [0.15, 0.2) is 45.0 Å². The number of hydrogen-bond donors (Lipinski definition) is 1. The Morgan fingerprint density at radius 2 is 1.41 bits per heavy atom. The molecule has 0 aromatic carbocycles. The van der Waals surface area contributed by atoms with Gasteiger partial charge in [0.05, 0.1) is 32.4 Å². The van der Waals surface area contributed by atoms with Crippen LogP contribution in [0.1, 0.15) is 33.6 Å². The van der Waals surface area contributed by atoms with Crippen LogP contribution in [0.4, 0.5) is 0 Å². The molecule has 41 heavy (non-hydrogen) atoms. The van der Waals surface area contributed by atoms with Crippen LogP contribution in [0.5, 0.6) is 0 Å². The second kappa shape index (κ2) is 10.0. The zero-order valence-corrected chi connectivity index (χ0v) is 23.6. The highest BCUT2D eigenvalue weighted by Gasteiger charge is 2.59. The van der Waals surface area contributed by atoms with Gasteiger partial charge in [-0.25, -0.2) is 0 Å². The van der Waals surface area contributed by atoms with Crippen molar-refractivity contribution in [2.45, 2.75) is 63.8 Å². The van der Waals surface area contributed by atoms with Crippen molar-refractivity contribution in [1.29, 1.82) is 5.26 Å². The molecule has 0 spiro atoms. The molecule has 0 radical (unpaired) electrons. The minimum atomic E-state index is -0.985. The molecule has 0 unspecified atom stereocenters. The lowest BCUT2D eigenvalue weighted by Gasteiger charge is -2.60. The number of hydrogen-bond acceptors (Lipinski definition) is 11. The van der Waals surface area contributed by atoms with E-state index < -0.39 is 59.2 Å². The number of nitrogens with zero attached hydrogens (tertiary/aromatic N) is 3. The summed E-state index contributed by atoms with van der Waals surface area (Å²) < 4.78 is 10.6. The third kappa shape index (κ3) is 3.87. The largest absolute Gasteiger partial charge is 0.492 e. The molecule has 2 aliphatic carbocycles. The molecule has 12 heteroatoms. The molecule has 5 rings (SSSR count). The van der Waals surface area contributed by atoms with Gasteiger partial charge in [-0.15, -0.1) is 0 Å². The summed E-state index contributed by atoms with van der Waals surface area (Å²) in [5.41, 5.74) is 1.19. The first-order chi connectivity index (χ1) is 19.4. The zero-order valence-electron chi connectivity index (χ0n) is 23.6. The van der Waals surface area contributed by atoms with Gasteiger partial charge in [0, 0.05) is 59.0 Å². The maximum absolute atomic E-state index is 13.8. The van der Waals surface area contributed by atoms with Gasteiger partial charge in [0.15, 0.2) is 23.1 Å². The standard InChI is InChI=1S/C29H30N4O8/c1-11-23(35)14-8-17-22-21-15(24(36)12(2)28(41-6)26(21)38)7-16(32(22)4)18(9-30)33(17)19(10-31-29(39)13(3)34)20(14)25(37)27(11)40-5/h16-19,22H,7-8,10H2,1-6H3,(H,31,39)/t16-,17+,18+,19-,22-/m1/s1. The van der Waals surface area contributed by atoms with Gasteiger partial charge >= 0.3 is 0 Å². The Bertz CT molecular complexity index is 1520. The van der Waals surface area contributed by atoms with Gasteiger partial charge in [0.1, 0.15) is 6.04 Å². The molecular formula is C29H30N4O8. The molecule has 2 bridgehead atoms. The summed E-state index contributed by atoms with van der Waals surface area (Å²) in [6.07, 6.45) is 0.116. The molecule has 3 heterocycles. The van der Waals surface area contributed by atoms with Crippen LogP contribution >= 0.6 is 0 Å². The van der Waals surface area contributed by atoms with Crippen molar-refractivity contribution in [3.63, 3.8) is 0 Å². The average molecular weight is 563 g/mol. The number of likely N-dealkylation sites (N-methyl/N-ethyl adjacent to an activating group) is 1. The van der Waals surface area contributed by atoms with E-state index in [1.807, 2.05) is 4.90 Å². The maximum atomic E-state index is 13.8. The van der Waals surface area contributed by atoms with E-state index in [0.29, 0.717) is 5.57 Å². The van der Waals surface area contributed by atoms with Crippen LogP contribution in [-0.2, 0) is 38.2 Å². The minimum Gasteiger partial charge on any atom is -0.492 e. The molecule has 1 saturated heterocycles. The highest BCUT2D eigenvalue weighted by atomic mass is 16.5. The first-order valence-electron chi connectivity index (χ1n) is 13.2. The predicted octanol–water partition coefficient (Wildman–Crippen LogP) is -0.149. The van der Waals surface area contributed by atoms with Gasteiger partial charge in [-0.3, -0.25) is 38.6 Å². The molecular weight excluding hydrogens is 532 g/mol. The summed E-state index contributed by atoms with van der Waals surface area (Å²) in [4.78, 5) is 82.3. The maximum Gasteiger partial charge on any atom is 0.287 e. The summed E-state index contributed by atoms with van der Waals surface area (Å²) in [5, 5.41) is 13.0. The summed E-state index contributed by atoms with van der Waals surface area (Å²) in [6.45, 7) is 3.89. The van der Waals surface area contributed by atoms with Gasteiger partial charge in [-0.05, 0) is 33.7 Å². The number of piperazine rings is 1. The number of amides is 1. The lowest BCUT2D eigenvalue weighted by Crippen LogP contribution is -2.74. The Balaban J connectivity index is 1.71. The molecule has 0 aromatic rings. The van der Waals surface area contributed by atoms with Crippen LogP contribution < -0.4 is 5.32 Å². The lowest BCUT2D eigenvalue weighted by molar-refractivity contribution is -0.137. The van der Waals surface area contributed by atoms with E-state index in [-0.39, 0.29) is 64.6 Å². The number of ketones is 5. The monoisotopic (exact) mass is 562 g/mol. The SMILES string of the molecule is COC1=C(C)C(=O)C2=C(C1=O)[C@@H](CNC(=O)C(C)=O)N1[C@@H](C#N)[C@H]3CC4=C(C(=O)C(OC)=C(C)C4=O)[C@@H]([C@@H]1C2)N3C. The van der Waals surface area contributed by atoms with Gasteiger partial charge < -0.3 is 14.8 Å². The van der Waals surface area contributed by atoms with Crippen molar-refractivity contribution in [1.82, 2.24) is 15.1 Å². The molecule has 12 nitrogen and oxygen atoms in total. The molecule has 1 amide bonds. The smallest absolute Gasteiger partial charge is 0.287 e. The number of methoxy groups -OCH3 is 2. The van der Waals surface area contributed by atoms with Gasteiger partial charge in [-0.1, -0.05) is 0 Å². The second-order valence-corrected chi connectivity index (χ2v) is 10.9. The van der Waals surface area contributed by atoms with Crippen molar-refractivity contribution >= 4 is 34.8 Å². The number of nitrogens with one attached hydrogen (secondary N) is 1. The topological polar surface area (TPSA) is 163 Å². The van der Waals surface area contributed by atoms with Crippen LogP contribution in [0.3, 0.4) is 0 Å². The Morgan fingerprint density at radius 3 is 1.93 bits per heavy atom. The second-order valence-electron chi connectivity index (χ2n) is 10.9. The first-order valence-corrected chi connectivity index (χ1v) is 13.2. The van der Waals surface area contributed by atoms with E-state index in [2.05, 4.69) is 11.4 Å². The van der Waals surface area contributed by atoms with Gasteiger partial charge in [0.2, 0.25) is 17.3 Å². The zero-order chi connectivity index (χ0) is 30.1. The van der Waals surface area contributed by atoms with Crippen molar-refractivity contribution in [2.24, 2.45) is 0 Å². The highest BCUT2D eigenvalue weighted by molar-refractivity contribution is 6.35. The number of Topliss-reactive ketones (excluding diaryl/α,β-unsaturated/α-hetero) is 5. The van der Waals surface area contributed by atoms with Crippen molar-refractivity contribution in [3.05, 3.63) is 45.0 Å². The fourth-order valence-corrected chi connectivity index (χ4v) is 7.13. The molecule has 1 N–H and O–H groups in total. The van der Waals surface area contributed by atoms with E-state index in [4.69, 9.17) is 9.47 Å². The van der Waals surface area contributed by atoms with Crippen LogP contribution in [0.25, 0.3) is 0 Å². The Kier molecular flexibility index (Phi) is 6.91. The lowest BCUT2D eigenvalue weighted by atomic mass is 9.67.